The van der Waals surface area contributed by atoms with E-state index in [1.807, 2.05) is 0 Å². The summed E-state index contributed by atoms with van der Waals surface area (Å²) in [6, 6.07) is 12.7. The fourth-order valence-electron chi connectivity index (χ4n) is 2.84. The summed E-state index contributed by atoms with van der Waals surface area (Å²) in [5.74, 6) is -0.876. The van der Waals surface area contributed by atoms with Crippen LogP contribution in [0.5, 0.6) is 0 Å². The SMILES string of the molecule is CNC(=O)[C@@H](C)N(Cc1cccc(Cl)c1)C(=O)CN(c1ccc(Br)cc1)S(C)(=O)=O. The van der Waals surface area contributed by atoms with E-state index < -0.39 is 28.5 Å². The highest BCUT2D eigenvalue weighted by molar-refractivity contribution is 9.10. The van der Waals surface area contributed by atoms with Crippen molar-refractivity contribution in [3.8, 4) is 0 Å². The average Bonchev–Trinajstić information content (AvgIpc) is 2.69. The predicted molar refractivity (Wildman–Crippen MR) is 122 cm³/mol. The Morgan fingerprint density at radius 3 is 2.33 bits per heavy atom. The van der Waals surface area contributed by atoms with Crippen LogP contribution in [0.1, 0.15) is 12.5 Å². The minimum absolute atomic E-state index is 0.103. The van der Waals surface area contributed by atoms with Crippen molar-refractivity contribution in [1.82, 2.24) is 10.2 Å². The number of carbonyl (C=O) groups excluding carboxylic acids is 2. The molecule has 0 heterocycles. The molecule has 7 nitrogen and oxygen atoms in total. The number of halogens is 2. The summed E-state index contributed by atoms with van der Waals surface area (Å²) < 4.78 is 26.6. The molecule has 162 valence electrons. The van der Waals surface area contributed by atoms with E-state index in [1.165, 1.54) is 11.9 Å². The highest BCUT2D eigenvalue weighted by Gasteiger charge is 2.29. The van der Waals surface area contributed by atoms with E-state index in [4.69, 9.17) is 11.6 Å². The molecule has 0 fully saturated rings. The minimum Gasteiger partial charge on any atom is -0.357 e. The Bertz CT molecular complexity index is 1010. The average molecular weight is 517 g/mol. The van der Waals surface area contributed by atoms with Crippen LogP contribution in [0.3, 0.4) is 0 Å². The lowest BCUT2D eigenvalue weighted by Crippen LogP contribution is -2.50. The van der Waals surface area contributed by atoms with E-state index in [0.29, 0.717) is 10.7 Å². The zero-order chi connectivity index (χ0) is 22.5. The lowest BCUT2D eigenvalue weighted by Gasteiger charge is -2.31. The third-order valence-corrected chi connectivity index (χ3v) is 6.35. The largest absolute Gasteiger partial charge is 0.357 e. The van der Waals surface area contributed by atoms with E-state index in [-0.39, 0.29) is 12.5 Å². The second-order valence-corrected chi connectivity index (χ2v) is 9.95. The molecular weight excluding hydrogens is 494 g/mol. The molecule has 0 aliphatic rings. The van der Waals surface area contributed by atoms with Gasteiger partial charge in [-0.15, -0.1) is 0 Å². The first-order chi connectivity index (χ1) is 14.0. The van der Waals surface area contributed by atoms with Crippen molar-refractivity contribution in [2.24, 2.45) is 0 Å². The smallest absolute Gasteiger partial charge is 0.244 e. The maximum atomic E-state index is 13.2. The van der Waals surface area contributed by atoms with E-state index in [9.17, 15) is 18.0 Å². The maximum absolute atomic E-state index is 13.2. The van der Waals surface area contributed by atoms with Crippen LogP contribution in [0.25, 0.3) is 0 Å². The van der Waals surface area contributed by atoms with Crippen LogP contribution in [0.4, 0.5) is 5.69 Å². The van der Waals surface area contributed by atoms with Gasteiger partial charge >= 0.3 is 0 Å². The first kappa shape index (κ1) is 24.2. The van der Waals surface area contributed by atoms with E-state index in [2.05, 4.69) is 21.2 Å². The Hall–Kier alpha value is -2.10. The fraction of sp³-hybridized carbons (Fsp3) is 0.300. The molecule has 0 aliphatic carbocycles. The Morgan fingerprint density at radius 1 is 1.17 bits per heavy atom. The van der Waals surface area contributed by atoms with Gasteiger partial charge < -0.3 is 10.2 Å². The molecule has 0 bridgehead atoms. The van der Waals surface area contributed by atoms with Crippen LogP contribution < -0.4 is 9.62 Å². The van der Waals surface area contributed by atoms with Crippen molar-refractivity contribution in [2.75, 3.05) is 24.2 Å². The number of nitrogens with zero attached hydrogens (tertiary/aromatic N) is 2. The summed E-state index contributed by atoms with van der Waals surface area (Å²) in [6.07, 6.45) is 1.03. The van der Waals surface area contributed by atoms with Gasteiger partial charge in [-0.1, -0.05) is 39.7 Å². The van der Waals surface area contributed by atoms with E-state index in [1.54, 1.807) is 55.5 Å². The highest BCUT2D eigenvalue weighted by Crippen LogP contribution is 2.22. The van der Waals surface area contributed by atoms with Gasteiger partial charge in [-0.05, 0) is 48.9 Å². The summed E-state index contributed by atoms with van der Waals surface area (Å²) in [7, 11) is -2.26. The number of benzene rings is 2. The van der Waals surface area contributed by atoms with Crippen molar-refractivity contribution in [1.29, 1.82) is 0 Å². The quantitative estimate of drug-likeness (QED) is 0.584. The lowest BCUT2D eigenvalue weighted by molar-refractivity contribution is -0.139. The zero-order valence-electron chi connectivity index (χ0n) is 16.8. The molecule has 0 radical (unpaired) electrons. The van der Waals surface area contributed by atoms with Crippen LogP contribution in [0.2, 0.25) is 5.02 Å². The number of likely N-dealkylation sites (N-methyl/N-ethyl adjacent to an activating group) is 1. The Balaban J connectivity index is 2.36. The van der Waals surface area contributed by atoms with Crippen molar-refractivity contribution >= 4 is 55.1 Å². The first-order valence-electron chi connectivity index (χ1n) is 9.01. The first-order valence-corrected chi connectivity index (χ1v) is 12.0. The molecule has 10 heteroatoms. The molecule has 0 unspecified atom stereocenters. The molecule has 0 aromatic heterocycles. The number of nitrogens with one attached hydrogen (secondary N) is 1. The Kier molecular flexibility index (Phi) is 8.28. The summed E-state index contributed by atoms with van der Waals surface area (Å²) in [5.41, 5.74) is 1.07. The lowest BCUT2D eigenvalue weighted by atomic mass is 10.1. The third-order valence-electron chi connectivity index (χ3n) is 4.45. The van der Waals surface area contributed by atoms with Crippen molar-refractivity contribution < 1.29 is 18.0 Å². The molecule has 1 N–H and O–H groups in total. The molecule has 2 aromatic carbocycles. The number of anilines is 1. The van der Waals surface area contributed by atoms with Gasteiger partial charge in [0, 0.05) is 23.1 Å². The molecule has 0 saturated heterocycles. The minimum atomic E-state index is -3.74. The molecule has 2 amide bonds. The second-order valence-electron chi connectivity index (χ2n) is 6.69. The highest BCUT2D eigenvalue weighted by atomic mass is 79.9. The standard InChI is InChI=1S/C20H23BrClN3O4S/c1-14(20(27)23-2)24(12-15-5-4-6-17(22)11-15)19(26)13-25(30(3,28)29)18-9-7-16(21)8-10-18/h4-11,14H,12-13H2,1-3H3,(H,23,27)/t14-/m1/s1. The normalized spacial score (nSPS) is 12.2. The molecule has 0 saturated carbocycles. The number of rotatable bonds is 8. The third kappa shape index (κ3) is 6.45. The van der Waals surface area contributed by atoms with Crippen molar-refractivity contribution in [3.63, 3.8) is 0 Å². The van der Waals surface area contributed by atoms with Crippen LogP contribution in [-0.4, -0.2) is 51.0 Å². The van der Waals surface area contributed by atoms with Gasteiger partial charge in [-0.2, -0.15) is 0 Å². The van der Waals surface area contributed by atoms with Gasteiger partial charge in [0.25, 0.3) is 0 Å². The van der Waals surface area contributed by atoms with Crippen LogP contribution in [-0.2, 0) is 26.2 Å². The van der Waals surface area contributed by atoms with Gasteiger partial charge in [0.15, 0.2) is 0 Å². The van der Waals surface area contributed by atoms with Crippen molar-refractivity contribution in [3.05, 3.63) is 63.6 Å². The Labute approximate surface area is 190 Å². The van der Waals surface area contributed by atoms with Crippen molar-refractivity contribution in [2.45, 2.75) is 19.5 Å². The van der Waals surface area contributed by atoms with Gasteiger partial charge in [-0.25, -0.2) is 8.42 Å². The molecule has 30 heavy (non-hydrogen) atoms. The maximum Gasteiger partial charge on any atom is 0.244 e. The van der Waals surface area contributed by atoms with E-state index in [0.717, 1.165) is 20.6 Å². The van der Waals surface area contributed by atoms with E-state index >= 15 is 0 Å². The van der Waals surface area contributed by atoms with Gasteiger partial charge in [-0.3, -0.25) is 13.9 Å². The zero-order valence-corrected chi connectivity index (χ0v) is 20.0. The number of amides is 2. The summed E-state index contributed by atoms with van der Waals surface area (Å²) in [5, 5.41) is 3.02. The van der Waals surface area contributed by atoms with Crippen LogP contribution in [0, 0.1) is 0 Å². The topological polar surface area (TPSA) is 86.8 Å². The number of hydrogen-bond donors (Lipinski definition) is 1. The fourth-order valence-corrected chi connectivity index (χ4v) is 4.17. The predicted octanol–water partition coefficient (Wildman–Crippen LogP) is 3.03. The summed E-state index contributed by atoms with van der Waals surface area (Å²) in [4.78, 5) is 26.8. The second kappa shape index (κ2) is 10.3. The number of sulfonamides is 1. The number of carbonyl (C=O) groups is 2. The number of hydrogen-bond acceptors (Lipinski definition) is 4. The van der Waals surface area contributed by atoms with Crippen LogP contribution in [0.15, 0.2) is 53.0 Å². The van der Waals surface area contributed by atoms with Gasteiger partial charge in [0.2, 0.25) is 21.8 Å². The molecule has 2 rings (SSSR count). The molecule has 2 aromatic rings. The monoisotopic (exact) mass is 515 g/mol. The summed E-state index contributed by atoms with van der Waals surface area (Å²) in [6.45, 7) is 1.25. The molecular formula is C20H23BrClN3O4S. The van der Waals surface area contributed by atoms with Gasteiger partial charge in [0.1, 0.15) is 12.6 Å². The molecule has 0 aliphatic heterocycles. The van der Waals surface area contributed by atoms with Crippen LogP contribution >= 0.6 is 27.5 Å². The Morgan fingerprint density at radius 2 is 1.80 bits per heavy atom. The van der Waals surface area contributed by atoms with Gasteiger partial charge in [0.05, 0.1) is 11.9 Å². The summed E-state index contributed by atoms with van der Waals surface area (Å²) >= 11 is 9.35. The molecule has 0 spiro atoms. The molecule has 1 atom stereocenters.